The van der Waals surface area contributed by atoms with E-state index >= 15 is 0 Å². The SMILES string of the molecule is Cc1ccccc1CN1CCc2c(sc(CC(=O)Cc3ccc(S(C)(=O)=O)cc3)c2C#N)C1. The number of thiophene rings is 1. The molecule has 0 atom stereocenters. The molecule has 1 aromatic heterocycles. The number of hydrogen-bond donors (Lipinski definition) is 0. The summed E-state index contributed by atoms with van der Waals surface area (Å²) in [6.07, 6.45) is 2.43. The van der Waals surface area contributed by atoms with Crippen molar-refractivity contribution in [1.29, 1.82) is 5.26 Å². The second-order valence-corrected chi connectivity index (χ2v) is 11.8. The highest BCUT2D eigenvalue weighted by Gasteiger charge is 2.25. The molecule has 3 aromatic rings. The van der Waals surface area contributed by atoms with Crippen LogP contribution in [0.15, 0.2) is 53.4 Å². The quantitative estimate of drug-likeness (QED) is 0.507. The molecule has 0 saturated heterocycles. The van der Waals surface area contributed by atoms with Gasteiger partial charge in [0.25, 0.3) is 0 Å². The molecule has 170 valence electrons. The first-order valence-corrected chi connectivity index (χ1v) is 13.6. The molecular formula is C26H26N2O3S2. The van der Waals surface area contributed by atoms with E-state index in [1.54, 1.807) is 23.5 Å². The van der Waals surface area contributed by atoms with Gasteiger partial charge in [-0.25, -0.2) is 8.42 Å². The largest absolute Gasteiger partial charge is 0.299 e. The highest BCUT2D eigenvalue weighted by atomic mass is 32.2. The standard InChI is InChI=1S/C26H26N2O3S2/c1-18-5-3-4-6-20(18)16-28-12-11-23-24(15-27)25(32-26(23)17-28)14-21(29)13-19-7-9-22(10-8-19)33(2,30)31/h3-10H,11-14,16-17H2,1-2H3. The highest BCUT2D eigenvalue weighted by Crippen LogP contribution is 2.34. The zero-order valence-corrected chi connectivity index (χ0v) is 20.4. The Hall–Kier alpha value is -2.79. The van der Waals surface area contributed by atoms with Crippen LogP contribution in [0.3, 0.4) is 0 Å². The summed E-state index contributed by atoms with van der Waals surface area (Å²) in [4.78, 5) is 17.4. The van der Waals surface area contributed by atoms with Crippen molar-refractivity contribution in [2.45, 2.75) is 44.2 Å². The second-order valence-electron chi connectivity index (χ2n) is 8.61. The van der Waals surface area contributed by atoms with Crippen molar-refractivity contribution >= 4 is 27.0 Å². The predicted octanol–water partition coefficient (Wildman–Crippen LogP) is 4.24. The molecule has 0 spiro atoms. The van der Waals surface area contributed by atoms with Gasteiger partial charge in [0.15, 0.2) is 9.84 Å². The summed E-state index contributed by atoms with van der Waals surface area (Å²) in [5, 5.41) is 9.79. The van der Waals surface area contributed by atoms with Gasteiger partial charge in [-0.1, -0.05) is 36.4 Å². The van der Waals surface area contributed by atoms with E-state index < -0.39 is 9.84 Å². The van der Waals surface area contributed by atoms with E-state index in [9.17, 15) is 18.5 Å². The summed E-state index contributed by atoms with van der Waals surface area (Å²) >= 11 is 1.59. The molecule has 0 amide bonds. The van der Waals surface area contributed by atoms with Crippen molar-refractivity contribution in [2.75, 3.05) is 12.8 Å². The molecule has 2 heterocycles. The Bertz CT molecular complexity index is 1330. The number of carbonyl (C=O) groups excluding carboxylic acids is 1. The number of benzene rings is 2. The summed E-state index contributed by atoms with van der Waals surface area (Å²) < 4.78 is 23.2. The van der Waals surface area contributed by atoms with Crippen LogP contribution in [0.25, 0.3) is 0 Å². The van der Waals surface area contributed by atoms with Gasteiger partial charge >= 0.3 is 0 Å². The lowest BCUT2D eigenvalue weighted by molar-refractivity contribution is -0.117. The molecule has 0 N–H and O–H groups in total. The second kappa shape index (κ2) is 9.60. The van der Waals surface area contributed by atoms with Crippen molar-refractivity contribution in [2.24, 2.45) is 0 Å². The summed E-state index contributed by atoms with van der Waals surface area (Å²) in [6, 6.07) is 17.2. The van der Waals surface area contributed by atoms with Crippen molar-refractivity contribution in [1.82, 2.24) is 4.90 Å². The van der Waals surface area contributed by atoms with Crippen LogP contribution in [0.2, 0.25) is 0 Å². The molecule has 5 nitrogen and oxygen atoms in total. The van der Waals surface area contributed by atoms with Gasteiger partial charge in [0, 0.05) is 48.5 Å². The number of carbonyl (C=O) groups is 1. The highest BCUT2D eigenvalue weighted by molar-refractivity contribution is 7.90. The van der Waals surface area contributed by atoms with Crippen LogP contribution in [-0.4, -0.2) is 31.9 Å². The van der Waals surface area contributed by atoms with Crippen molar-refractivity contribution < 1.29 is 13.2 Å². The van der Waals surface area contributed by atoms with E-state index in [0.29, 0.717) is 5.56 Å². The lowest BCUT2D eigenvalue weighted by Crippen LogP contribution is -2.29. The number of fused-ring (bicyclic) bond motifs is 1. The van der Waals surface area contributed by atoms with Crippen molar-refractivity contribution in [3.63, 3.8) is 0 Å². The van der Waals surface area contributed by atoms with Gasteiger partial charge in [-0.2, -0.15) is 5.26 Å². The Kier molecular flexibility index (Phi) is 6.80. The Morgan fingerprint density at radius 3 is 2.52 bits per heavy atom. The molecule has 1 aliphatic rings. The van der Waals surface area contributed by atoms with Gasteiger partial charge in [0.05, 0.1) is 10.5 Å². The van der Waals surface area contributed by atoms with Gasteiger partial charge in [-0.3, -0.25) is 9.69 Å². The van der Waals surface area contributed by atoms with E-state index in [2.05, 4.69) is 42.2 Å². The molecular weight excluding hydrogens is 452 g/mol. The van der Waals surface area contributed by atoms with E-state index in [1.165, 1.54) is 28.1 Å². The number of sulfone groups is 1. The molecule has 7 heteroatoms. The Morgan fingerprint density at radius 1 is 1.12 bits per heavy atom. The maximum Gasteiger partial charge on any atom is 0.175 e. The molecule has 0 bridgehead atoms. The molecule has 0 fully saturated rings. The Labute approximate surface area is 199 Å². The van der Waals surface area contributed by atoms with Gasteiger partial charge in [0.1, 0.15) is 11.9 Å². The molecule has 4 rings (SSSR count). The first kappa shape index (κ1) is 23.4. The van der Waals surface area contributed by atoms with Crippen LogP contribution >= 0.6 is 11.3 Å². The average molecular weight is 479 g/mol. The monoisotopic (exact) mass is 478 g/mol. The van der Waals surface area contributed by atoms with Crippen molar-refractivity contribution in [3.8, 4) is 6.07 Å². The third kappa shape index (κ3) is 5.41. The van der Waals surface area contributed by atoms with Crippen LogP contribution in [0.5, 0.6) is 0 Å². The normalized spacial score (nSPS) is 14.0. The van der Waals surface area contributed by atoms with Gasteiger partial charge in [0.2, 0.25) is 0 Å². The van der Waals surface area contributed by atoms with Gasteiger partial charge in [-0.05, 0) is 47.7 Å². The lowest BCUT2D eigenvalue weighted by atomic mass is 9.99. The number of hydrogen-bond acceptors (Lipinski definition) is 6. The van der Waals surface area contributed by atoms with E-state index in [1.807, 2.05) is 0 Å². The summed E-state index contributed by atoms with van der Waals surface area (Å²) in [5.41, 5.74) is 5.14. The molecule has 0 aliphatic carbocycles. The lowest BCUT2D eigenvalue weighted by Gasteiger charge is -2.27. The van der Waals surface area contributed by atoms with Crippen LogP contribution in [0.1, 0.15) is 37.6 Å². The van der Waals surface area contributed by atoms with E-state index in [0.717, 1.165) is 48.3 Å². The molecule has 1 aliphatic heterocycles. The smallest absolute Gasteiger partial charge is 0.175 e. The van der Waals surface area contributed by atoms with Crippen LogP contribution < -0.4 is 0 Å². The summed E-state index contributed by atoms with van der Waals surface area (Å²) in [5.74, 6) is 0.0222. The topological polar surface area (TPSA) is 78.2 Å². The first-order valence-electron chi connectivity index (χ1n) is 10.9. The fourth-order valence-corrected chi connectivity index (χ4v) is 6.26. The third-order valence-corrected chi connectivity index (χ3v) is 8.43. The molecule has 33 heavy (non-hydrogen) atoms. The van der Waals surface area contributed by atoms with Gasteiger partial charge < -0.3 is 0 Å². The maximum atomic E-state index is 12.8. The fourth-order valence-electron chi connectivity index (χ4n) is 4.25. The maximum absolute atomic E-state index is 12.8. The van der Waals surface area contributed by atoms with Crippen LogP contribution in [-0.2, 0) is 47.0 Å². The van der Waals surface area contributed by atoms with Crippen molar-refractivity contribution in [3.05, 3.63) is 86.1 Å². The van der Waals surface area contributed by atoms with E-state index in [4.69, 9.17) is 0 Å². The minimum absolute atomic E-state index is 0.0222. The molecule has 0 radical (unpaired) electrons. The Balaban J connectivity index is 1.45. The number of nitrogens with zero attached hydrogens (tertiary/aromatic N) is 2. The number of rotatable bonds is 7. The number of Topliss-reactive ketones (excluding diaryl/α,β-unsaturated/α-hetero) is 1. The minimum atomic E-state index is -3.26. The summed E-state index contributed by atoms with van der Waals surface area (Å²) in [6.45, 7) is 4.70. The third-order valence-electron chi connectivity index (χ3n) is 6.09. The van der Waals surface area contributed by atoms with Crippen LogP contribution in [0, 0.1) is 18.3 Å². The van der Waals surface area contributed by atoms with Gasteiger partial charge in [-0.15, -0.1) is 11.3 Å². The zero-order chi connectivity index (χ0) is 23.6. The molecule has 2 aromatic carbocycles. The molecule has 0 saturated carbocycles. The predicted molar refractivity (Wildman–Crippen MR) is 130 cm³/mol. The molecule has 0 unspecified atom stereocenters. The number of aryl methyl sites for hydroxylation is 1. The minimum Gasteiger partial charge on any atom is -0.299 e. The summed E-state index contributed by atoms with van der Waals surface area (Å²) in [7, 11) is -3.26. The average Bonchev–Trinajstić information content (AvgIpc) is 3.11. The first-order chi connectivity index (χ1) is 15.7. The zero-order valence-electron chi connectivity index (χ0n) is 18.8. The van der Waals surface area contributed by atoms with Crippen LogP contribution in [0.4, 0.5) is 0 Å². The fraction of sp³-hybridized carbons (Fsp3) is 0.308. The number of ketones is 1. The Morgan fingerprint density at radius 2 is 1.85 bits per heavy atom. The van der Waals surface area contributed by atoms with E-state index in [-0.39, 0.29) is 23.5 Å². The number of nitriles is 1.